The zero-order valence-electron chi connectivity index (χ0n) is 15.4. The Labute approximate surface area is 155 Å². The number of hydrogen-bond donors (Lipinski definition) is 0. The van der Waals surface area contributed by atoms with E-state index in [1.165, 1.54) is 16.7 Å². The first-order chi connectivity index (χ1) is 12.7. The van der Waals surface area contributed by atoms with Crippen molar-refractivity contribution in [3.8, 4) is 5.75 Å². The van der Waals surface area contributed by atoms with Gasteiger partial charge in [0.05, 0.1) is 6.61 Å². The Balaban J connectivity index is 1.32. The summed E-state index contributed by atoms with van der Waals surface area (Å²) in [6.45, 7) is 7.31. The second-order valence-corrected chi connectivity index (χ2v) is 7.16. The Hall–Kier alpha value is -2.33. The fraction of sp³-hybridized carbons (Fsp3) is 0.409. The fourth-order valence-electron chi connectivity index (χ4n) is 3.77. The third-order valence-corrected chi connectivity index (χ3v) is 5.43. The van der Waals surface area contributed by atoms with Crippen molar-refractivity contribution in [1.29, 1.82) is 0 Å². The summed E-state index contributed by atoms with van der Waals surface area (Å²) < 4.78 is 5.58. The molecule has 2 heterocycles. The average molecular weight is 350 g/mol. The van der Waals surface area contributed by atoms with E-state index in [-0.39, 0.29) is 5.91 Å². The molecule has 4 nitrogen and oxygen atoms in total. The number of hydrogen-bond acceptors (Lipinski definition) is 3. The normalized spacial score (nSPS) is 17.0. The van der Waals surface area contributed by atoms with Crippen molar-refractivity contribution in [2.24, 2.45) is 0 Å². The van der Waals surface area contributed by atoms with E-state index in [0.29, 0.717) is 0 Å². The van der Waals surface area contributed by atoms with E-state index in [1.807, 2.05) is 17.0 Å². The van der Waals surface area contributed by atoms with Gasteiger partial charge < -0.3 is 9.64 Å². The molecule has 0 bridgehead atoms. The van der Waals surface area contributed by atoms with E-state index >= 15 is 0 Å². The average Bonchev–Trinajstić information content (AvgIpc) is 3.16. The van der Waals surface area contributed by atoms with Crippen molar-refractivity contribution >= 4 is 5.91 Å². The third-order valence-electron chi connectivity index (χ3n) is 5.43. The molecule has 2 aliphatic heterocycles. The van der Waals surface area contributed by atoms with Crippen LogP contribution in [0.15, 0.2) is 42.5 Å². The number of aryl methyl sites for hydroxylation is 1. The van der Waals surface area contributed by atoms with E-state index in [1.54, 1.807) is 0 Å². The quantitative estimate of drug-likeness (QED) is 0.849. The van der Waals surface area contributed by atoms with Crippen LogP contribution in [0.4, 0.5) is 0 Å². The van der Waals surface area contributed by atoms with Gasteiger partial charge in [-0.25, -0.2) is 0 Å². The molecule has 26 heavy (non-hydrogen) atoms. The topological polar surface area (TPSA) is 32.8 Å². The van der Waals surface area contributed by atoms with E-state index < -0.39 is 0 Å². The SMILES string of the molecule is CCc1ccc(C(=O)N2CCN(Cc3ccc4c(c3)CCO4)CC2)cc1. The van der Waals surface area contributed by atoms with Crippen LogP contribution in [0.2, 0.25) is 0 Å². The number of amides is 1. The van der Waals surface area contributed by atoms with Gasteiger partial charge in [-0.15, -0.1) is 0 Å². The maximum atomic E-state index is 12.7. The highest BCUT2D eigenvalue weighted by Crippen LogP contribution is 2.26. The van der Waals surface area contributed by atoms with Gasteiger partial charge in [0, 0.05) is 44.7 Å². The van der Waals surface area contributed by atoms with Crippen LogP contribution in [0.3, 0.4) is 0 Å². The molecule has 0 aliphatic carbocycles. The van der Waals surface area contributed by atoms with Gasteiger partial charge in [0.15, 0.2) is 0 Å². The first-order valence-corrected chi connectivity index (χ1v) is 9.58. The molecule has 0 saturated carbocycles. The van der Waals surface area contributed by atoms with Gasteiger partial charge in [0.25, 0.3) is 5.91 Å². The number of benzene rings is 2. The van der Waals surface area contributed by atoms with Crippen LogP contribution in [0.25, 0.3) is 0 Å². The number of nitrogens with zero attached hydrogens (tertiary/aromatic N) is 2. The number of carbonyl (C=O) groups is 1. The standard InChI is InChI=1S/C22H26N2O2/c1-2-17-3-6-19(7-4-17)22(25)24-12-10-23(11-13-24)16-18-5-8-21-20(15-18)9-14-26-21/h3-8,15H,2,9-14,16H2,1H3. The summed E-state index contributed by atoms with van der Waals surface area (Å²) in [5, 5.41) is 0. The molecule has 0 N–H and O–H groups in total. The van der Waals surface area contributed by atoms with Crippen LogP contribution in [0.5, 0.6) is 5.75 Å². The number of fused-ring (bicyclic) bond motifs is 1. The van der Waals surface area contributed by atoms with Crippen LogP contribution in [-0.4, -0.2) is 48.5 Å². The summed E-state index contributed by atoms with van der Waals surface area (Å²) >= 11 is 0. The van der Waals surface area contributed by atoms with Crippen molar-refractivity contribution in [2.75, 3.05) is 32.8 Å². The minimum absolute atomic E-state index is 0.155. The maximum Gasteiger partial charge on any atom is 0.253 e. The molecule has 1 amide bonds. The number of carbonyl (C=O) groups excluding carboxylic acids is 1. The van der Waals surface area contributed by atoms with Gasteiger partial charge in [-0.2, -0.15) is 0 Å². The molecule has 1 fully saturated rings. The smallest absolute Gasteiger partial charge is 0.253 e. The van der Waals surface area contributed by atoms with Crippen LogP contribution in [-0.2, 0) is 19.4 Å². The second-order valence-electron chi connectivity index (χ2n) is 7.16. The molecular weight excluding hydrogens is 324 g/mol. The van der Waals surface area contributed by atoms with Gasteiger partial charge in [0.1, 0.15) is 5.75 Å². The molecule has 0 radical (unpaired) electrons. The third kappa shape index (κ3) is 3.61. The van der Waals surface area contributed by atoms with E-state index in [9.17, 15) is 4.79 Å². The minimum atomic E-state index is 0.155. The molecular formula is C22H26N2O2. The second kappa shape index (κ2) is 7.50. The Kier molecular flexibility index (Phi) is 4.93. The Morgan fingerprint density at radius 1 is 1.00 bits per heavy atom. The summed E-state index contributed by atoms with van der Waals surface area (Å²) in [6.07, 6.45) is 2.02. The predicted octanol–water partition coefficient (Wildman–Crippen LogP) is 3.14. The Morgan fingerprint density at radius 3 is 2.46 bits per heavy atom. The van der Waals surface area contributed by atoms with Crippen molar-refractivity contribution in [3.63, 3.8) is 0 Å². The largest absolute Gasteiger partial charge is 0.493 e. The summed E-state index contributed by atoms with van der Waals surface area (Å²) in [4.78, 5) is 17.1. The lowest BCUT2D eigenvalue weighted by Crippen LogP contribution is -2.48. The van der Waals surface area contributed by atoms with Crippen LogP contribution in [0, 0.1) is 0 Å². The van der Waals surface area contributed by atoms with E-state index in [2.05, 4.69) is 42.2 Å². The van der Waals surface area contributed by atoms with Gasteiger partial charge >= 0.3 is 0 Å². The minimum Gasteiger partial charge on any atom is -0.493 e. The molecule has 0 aromatic heterocycles. The van der Waals surface area contributed by atoms with Crippen molar-refractivity contribution in [2.45, 2.75) is 26.3 Å². The van der Waals surface area contributed by atoms with E-state index in [0.717, 1.165) is 63.5 Å². The molecule has 0 atom stereocenters. The highest BCUT2D eigenvalue weighted by molar-refractivity contribution is 5.94. The van der Waals surface area contributed by atoms with Crippen molar-refractivity contribution in [1.82, 2.24) is 9.80 Å². The van der Waals surface area contributed by atoms with Crippen molar-refractivity contribution in [3.05, 3.63) is 64.7 Å². The molecule has 0 unspecified atom stereocenters. The molecule has 2 aromatic carbocycles. The maximum absolute atomic E-state index is 12.7. The molecule has 1 saturated heterocycles. The summed E-state index contributed by atoms with van der Waals surface area (Å²) in [6, 6.07) is 14.6. The first-order valence-electron chi connectivity index (χ1n) is 9.58. The van der Waals surface area contributed by atoms with E-state index in [4.69, 9.17) is 4.74 Å². The molecule has 2 aliphatic rings. The monoisotopic (exact) mass is 350 g/mol. The lowest BCUT2D eigenvalue weighted by Gasteiger charge is -2.35. The summed E-state index contributed by atoms with van der Waals surface area (Å²) in [5.41, 5.74) is 4.73. The van der Waals surface area contributed by atoms with Crippen LogP contribution < -0.4 is 4.74 Å². The lowest BCUT2D eigenvalue weighted by molar-refractivity contribution is 0.0628. The lowest BCUT2D eigenvalue weighted by atomic mass is 10.1. The summed E-state index contributed by atoms with van der Waals surface area (Å²) in [5.74, 6) is 1.19. The van der Waals surface area contributed by atoms with Gasteiger partial charge in [-0.3, -0.25) is 9.69 Å². The summed E-state index contributed by atoms with van der Waals surface area (Å²) in [7, 11) is 0. The van der Waals surface area contributed by atoms with Gasteiger partial charge in [0.2, 0.25) is 0 Å². The number of ether oxygens (including phenoxy) is 1. The zero-order chi connectivity index (χ0) is 17.9. The molecule has 0 spiro atoms. The fourth-order valence-corrected chi connectivity index (χ4v) is 3.77. The highest BCUT2D eigenvalue weighted by Gasteiger charge is 2.22. The molecule has 4 rings (SSSR count). The number of piperazine rings is 1. The Bertz CT molecular complexity index is 777. The number of rotatable bonds is 4. The van der Waals surface area contributed by atoms with Gasteiger partial charge in [-0.05, 0) is 41.3 Å². The predicted molar refractivity (Wildman–Crippen MR) is 103 cm³/mol. The first kappa shape index (κ1) is 17.1. The molecule has 2 aromatic rings. The van der Waals surface area contributed by atoms with Crippen molar-refractivity contribution < 1.29 is 9.53 Å². The van der Waals surface area contributed by atoms with Crippen LogP contribution >= 0.6 is 0 Å². The highest BCUT2D eigenvalue weighted by atomic mass is 16.5. The molecule has 4 heteroatoms. The zero-order valence-corrected chi connectivity index (χ0v) is 15.4. The molecule has 136 valence electrons. The van der Waals surface area contributed by atoms with Crippen LogP contribution in [0.1, 0.15) is 34.0 Å². The Morgan fingerprint density at radius 2 is 1.73 bits per heavy atom. The van der Waals surface area contributed by atoms with Gasteiger partial charge in [-0.1, -0.05) is 31.2 Å².